The molecule has 0 aliphatic rings. The number of hydrogen-bond acceptors (Lipinski definition) is 4. The topological polar surface area (TPSA) is 77.1 Å². The summed E-state index contributed by atoms with van der Waals surface area (Å²) in [6.07, 6.45) is 0. The van der Waals surface area contributed by atoms with Gasteiger partial charge < -0.3 is 20.4 Å². The van der Waals surface area contributed by atoms with Crippen molar-refractivity contribution in [2.75, 3.05) is 7.11 Å². The molecule has 0 radical (unpaired) electrons. The first-order chi connectivity index (χ1) is 10.0. The van der Waals surface area contributed by atoms with Gasteiger partial charge in [0.05, 0.1) is 16.1 Å². The molecular formula is C14H12Br2N2O3. The summed E-state index contributed by atoms with van der Waals surface area (Å²) in [6, 6.07) is 10.6. The van der Waals surface area contributed by atoms with E-state index in [9.17, 15) is 0 Å². The molecule has 110 valence electrons. The van der Waals surface area contributed by atoms with E-state index in [1.54, 1.807) is 37.4 Å². The van der Waals surface area contributed by atoms with Crippen LogP contribution in [0.25, 0.3) is 0 Å². The minimum atomic E-state index is 0.0351. The third-order valence-electron chi connectivity index (χ3n) is 2.69. The van der Waals surface area contributed by atoms with Crippen LogP contribution in [0.1, 0.15) is 5.56 Å². The van der Waals surface area contributed by atoms with E-state index in [1.807, 2.05) is 6.07 Å². The molecular weight excluding hydrogens is 404 g/mol. The van der Waals surface area contributed by atoms with Crippen molar-refractivity contribution in [3.8, 4) is 17.2 Å². The van der Waals surface area contributed by atoms with Gasteiger partial charge in [0.25, 0.3) is 0 Å². The SMILES string of the molecule is COc1ccc(Oc2ccc(/C(N)=N/O)cc2Br)c(Br)c1. The minimum Gasteiger partial charge on any atom is -0.497 e. The number of amidine groups is 1. The zero-order chi connectivity index (χ0) is 15.4. The number of halogens is 2. The molecule has 0 aliphatic heterocycles. The summed E-state index contributed by atoms with van der Waals surface area (Å²) in [7, 11) is 1.60. The fourth-order valence-corrected chi connectivity index (χ4v) is 2.51. The Balaban J connectivity index is 2.28. The van der Waals surface area contributed by atoms with Gasteiger partial charge in [0, 0.05) is 5.56 Å². The predicted molar refractivity (Wildman–Crippen MR) is 87.4 cm³/mol. The van der Waals surface area contributed by atoms with E-state index in [0.29, 0.717) is 21.5 Å². The Labute approximate surface area is 138 Å². The van der Waals surface area contributed by atoms with E-state index >= 15 is 0 Å². The highest BCUT2D eigenvalue weighted by molar-refractivity contribution is 9.11. The second-order valence-corrected chi connectivity index (χ2v) is 5.74. The van der Waals surface area contributed by atoms with E-state index in [-0.39, 0.29) is 5.84 Å². The number of hydrogen-bond donors (Lipinski definition) is 2. The molecule has 2 rings (SSSR count). The van der Waals surface area contributed by atoms with Crippen molar-refractivity contribution in [2.24, 2.45) is 10.9 Å². The average Bonchev–Trinajstić information content (AvgIpc) is 2.50. The van der Waals surface area contributed by atoms with Crippen LogP contribution in [0.15, 0.2) is 50.5 Å². The van der Waals surface area contributed by atoms with E-state index in [2.05, 4.69) is 37.0 Å². The van der Waals surface area contributed by atoms with Crippen LogP contribution in [0.3, 0.4) is 0 Å². The van der Waals surface area contributed by atoms with Crippen molar-refractivity contribution < 1.29 is 14.7 Å². The summed E-state index contributed by atoms with van der Waals surface area (Å²) in [5, 5.41) is 11.6. The lowest BCUT2D eigenvalue weighted by atomic mass is 10.2. The Morgan fingerprint density at radius 2 is 1.71 bits per heavy atom. The van der Waals surface area contributed by atoms with Crippen LogP contribution in [-0.4, -0.2) is 18.2 Å². The quantitative estimate of drug-likeness (QED) is 0.341. The van der Waals surface area contributed by atoms with Crippen LogP contribution in [0.4, 0.5) is 0 Å². The molecule has 21 heavy (non-hydrogen) atoms. The zero-order valence-electron chi connectivity index (χ0n) is 11.0. The third kappa shape index (κ3) is 3.68. The average molecular weight is 416 g/mol. The fourth-order valence-electron chi connectivity index (χ4n) is 1.61. The molecule has 2 aromatic rings. The lowest BCUT2D eigenvalue weighted by Crippen LogP contribution is -2.12. The second kappa shape index (κ2) is 6.82. The molecule has 0 bridgehead atoms. The summed E-state index contributed by atoms with van der Waals surface area (Å²) in [5.74, 6) is 2.02. The van der Waals surface area contributed by atoms with Gasteiger partial charge in [-0.3, -0.25) is 0 Å². The lowest BCUT2D eigenvalue weighted by Gasteiger charge is -2.11. The number of methoxy groups -OCH3 is 1. The first kappa shape index (κ1) is 15.7. The van der Waals surface area contributed by atoms with E-state index in [4.69, 9.17) is 20.4 Å². The van der Waals surface area contributed by atoms with E-state index in [1.165, 1.54) is 0 Å². The molecule has 5 nitrogen and oxygen atoms in total. The Kier molecular flexibility index (Phi) is 5.08. The van der Waals surface area contributed by atoms with Gasteiger partial charge >= 0.3 is 0 Å². The molecule has 0 aliphatic carbocycles. The standard InChI is InChI=1S/C14H12Br2N2O3/c1-20-9-3-5-13(11(16)7-9)21-12-4-2-8(6-10(12)15)14(17)18-19/h2-7,19H,1H3,(H2,17,18). The Morgan fingerprint density at radius 1 is 1.10 bits per heavy atom. The summed E-state index contributed by atoms with van der Waals surface area (Å²) in [5.41, 5.74) is 6.13. The van der Waals surface area contributed by atoms with E-state index in [0.717, 1.165) is 10.2 Å². The Morgan fingerprint density at radius 3 is 2.24 bits per heavy atom. The normalized spacial score (nSPS) is 11.3. The fraction of sp³-hybridized carbons (Fsp3) is 0.0714. The molecule has 0 saturated carbocycles. The van der Waals surface area contributed by atoms with Gasteiger partial charge in [0.2, 0.25) is 0 Å². The number of ether oxygens (including phenoxy) is 2. The highest BCUT2D eigenvalue weighted by Gasteiger charge is 2.09. The van der Waals surface area contributed by atoms with Gasteiger partial charge in [0.1, 0.15) is 17.2 Å². The Hall–Kier alpha value is -1.73. The van der Waals surface area contributed by atoms with Crippen molar-refractivity contribution >= 4 is 37.7 Å². The number of rotatable bonds is 4. The van der Waals surface area contributed by atoms with Crippen molar-refractivity contribution in [3.05, 3.63) is 50.9 Å². The van der Waals surface area contributed by atoms with Gasteiger partial charge in [-0.2, -0.15) is 0 Å². The maximum Gasteiger partial charge on any atom is 0.170 e. The van der Waals surface area contributed by atoms with Crippen LogP contribution in [-0.2, 0) is 0 Å². The second-order valence-electron chi connectivity index (χ2n) is 4.03. The van der Waals surface area contributed by atoms with Crippen molar-refractivity contribution in [3.63, 3.8) is 0 Å². The molecule has 0 fully saturated rings. The summed E-state index contributed by atoms with van der Waals surface area (Å²) >= 11 is 6.82. The minimum absolute atomic E-state index is 0.0351. The molecule has 0 unspecified atom stereocenters. The highest BCUT2D eigenvalue weighted by atomic mass is 79.9. The van der Waals surface area contributed by atoms with Crippen molar-refractivity contribution in [1.29, 1.82) is 0 Å². The van der Waals surface area contributed by atoms with Crippen LogP contribution in [0.5, 0.6) is 17.2 Å². The molecule has 0 heterocycles. The molecule has 3 N–H and O–H groups in total. The van der Waals surface area contributed by atoms with Crippen LogP contribution in [0.2, 0.25) is 0 Å². The van der Waals surface area contributed by atoms with Crippen molar-refractivity contribution in [1.82, 2.24) is 0 Å². The zero-order valence-corrected chi connectivity index (χ0v) is 14.2. The largest absolute Gasteiger partial charge is 0.497 e. The number of benzene rings is 2. The molecule has 2 aromatic carbocycles. The van der Waals surface area contributed by atoms with Crippen LogP contribution < -0.4 is 15.2 Å². The predicted octanol–water partition coefficient (Wildman–Crippen LogP) is 4.11. The maximum atomic E-state index is 8.67. The maximum absolute atomic E-state index is 8.67. The molecule has 0 atom stereocenters. The summed E-state index contributed by atoms with van der Waals surface area (Å²) in [6.45, 7) is 0. The highest BCUT2D eigenvalue weighted by Crippen LogP contribution is 2.36. The summed E-state index contributed by atoms with van der Waals surface area (Å²) < 4.78 is 12.4. The third-order valence-corrected chi connectivity index (χ3v) is 3.93. The Bertz CT molecular complexity index is 690. The number of nitrogens with zero attached hydrogens (tertiary/aromatic N) is 1. The molecule has 0 amide bonds. The van der Waals surface area contributed by atoms with Gasteiger partial charge in [-0.1, -0.05) is 5.16 Å². The summed E-state index contributed by atoms with van der Waals surface area (Å²) in [4.78, 5) is 0. The van der Waals surface area contributed by atoms with E-state index < -0.39 is 0 Å². The van der Waals surface area contributed by atoms with Crippen LogP contribution in [0, 0.1) is 0 Å². The first-order valence-electron chi connectivity index (χ1n) is 5.84. The first-order valence-corrected chi connectivity index (χ1v) is 7.42. The number of oxime groups is 1. The molecule has 0 spiro atoms. The monoisotopic (exact) mass is 414 g/mol. The van der Waals surface area contributed by atoms with Crippen molar-refractivity contribution in [2.45, 2.75) is 0 Å². The van der Waals surface area contributed by atoms with Gasteiger partial charge in [-0.25, -0.2) is 0 Å². The molecule has 0 aromatic heterocycles. The number of nitrogens with two attached hydrogens (primary N) is 1. The smallest absolute Gasteiger partial charge is 0.170 e. The van der Waals surface area contributed by atoms with Crippen LogP contribution >= 0.6 is 31.9 Å². The molecule has 7 heteroatoms. The van der Waals surface area contributed by atoms with Gasteiger partial charge in [-0.15, -0.1) is 0 Å². The lowest BCUT2D eigenvalue weighted by molar-refractivity contribution is 0.318. The molecule has 0 saturated heterocycles. The van der Waals surface area contributed by atoms with Gasteiger partial charge in [0.15, 0.2) is 5.84 Å². The van der Waals surface area contributed by atoms with Gasteiger partial charge in [-0.05, 0) is 68.3 Å².